The third-order valence-electron chi connectivity index (χ3n) is 4.75. The monoisotopic (exact) mass is 422 g/mol. The van der Waals surface area contributed by atoms with E-state index in [1.165, 1.54) is 5.57 Å². The van der Waals surface area contributed by atoms with Crippen molar-refractivity contribution in [1.29, 1.82) is 0 Å². The van der Waals surface area contributed by atoms with Crippen molar-refractivity contribution in [3.8, 4) is 0 Å². The Morgan fingerprint density at radius 3 is 2.48 bits per heavy atom. The highest BCUT2D eigenvalue weighted by Gasteiger charge is 2.27. The number of aliphatic imine (C=N–C) groups is 1. The number of hydrogen-bond acceptors (Lipinski definition) is 5. The van der Waals surface area contributed by atoms with Gasteiger partial charge in [-0.05, 0) is 57.8 Å². The number of amidine groups is 1. The van der Waals surface area contributed by atoms with E-state index in [1.54, 1.807) is 6.07 Å². The fraction of sp³-hybridized carbons (Fsp3) is 0.0909. The van der Waals surface area contributed by atoms with Crippen molar-refractivity contribution in [1.82, 2.24) is 5.43 Å². The minimum atomic E-state index is -0.199. The summed E-state index contributed by atoms with van der Waals surface area (Å²) in [5.41, 5.74) is 8.78. The molecule has 7 heteroatoms. The van der Waals surface area contributed by atoms with E-state index < -0.39 is 0 Å². The summed E-state index contributed by atoms with van der Waals surface area (Å²) in [7, 11) is 2.62. The maximum Gasteiger partial charge on any atom is 0.207 e. The maximum absolute atomic E-state index is 12.6. The molecule has 2 N–H and O–H groups in total. The van der Waals surface area contributed by atoms with Crippen LogP contribution in [0.1, 0.15) is 22.8 Å². The standard InChI is InChI=1S/C22H20ClN4OP/c1-13-11-19(24-12-13)26-27(29)16-9-7-15(8-10-16)25-21-14(2)17-5-3-4-6-18(17)22(28)20(21)23/h3-11,25H,2,12,29H2,1H3,(H,24,26). The molecule has 29 heavy (non-hydrogen) atoms. The summed E-state index contributed by atoms with van der Waals surface area (Å²) >= 11 is 6.36. The van der Waals surface area contributed by atoms with Gasteiger partial charge in [0.2, 0.25) is 5.78 Å². The lowest BCUT2D eigenvalue weighted by atomic mass is 9.90. The van der Waals surface area contributed by atoms with Crippen LogP contribution in [-0.4, -0.2) is 18.2 Å². The van der Waals surface area contributed by atoms with Crippen LogP contribution < -0.4 is 15.5 Å². The molecule has 146 valence electrons. The average molecular weight is 423 g/mol. The molecule has 1 atom stereocenters. The number of nitrogens with zero attached hydrogens (tertiary/aromatic N) is 2. The first kappa shape index (κ1) is 19.4. The van der Waals surface area contributed by atoms with E-state index in [-0.39, 0.29) is 10.8 Å². The lowest BCUT2D eigenvalue weighted by Crippen LogP contribution is -2.33. The molecule has 2 aromatic rings. The topological polar surface area (TPSA) is 56.7 Å². The van der Waals surface area contributed by atoms with Crippen molar-refractivity contribution in [3.05, 3.63) is 88.6 Å². The Kier molecular flexibility index (Phi) is 5.27. The summed E-state index contributed by atoms with van der Waals surface area (Å²) in [6, 6.07) is 15.1. The third kappa shape index (κ3) is 3.84. The van der Waals surface area contributed by atoms with Crippen LogP contribution in [0.5, 0.6) is 0 Å². The number of allylic oxidation sites excluding steroid dienone is 2. The predicted molar refractivity (Wildman–Crippen MR) is 124 cm³/mol. The fourth-order valence-electron chi connectivity index (χ4n) is 3.21. The van der Waals surface area contributed by atoms with Crippen LogP contribution in [0.15, 0.2) is 82.5 Å². The molecule has 4 rings (SSSR count). The molecular weight excluding hydrogens is 403 g/mol. The number of carbonyl (C=O) groups excluding carboxylic acids is 1. The lowest BCUT2D eigenvalue weighted by Gasteiger charge is -2.23. The summed E-state index contributed by atoms with van der Waals surface area (Å²) in [6.07, 6.45) is 2.02. The molecule has 0 saturated carbocycles. The normalized spacial score (nSPS) is 15.7. The van der Waals surface area contributed by atoms with E-state index in [0.29, 0.717) is 16.8 Å². The molecule has 1 aliphatic heterocycles. The number of ketones is 1. The van der Waals surface area contributed by atoms with Crippen LogP contribution in [0.3, 0.4) is 0 Å². The van der Waals surface area contributed by atoms with Gasteiger partial charge >= 0.3 is 0 Å². The van der Waals surface area contributed by atoms with Crippen molar-refractivity contribution >= 4 is 49.6 Å². The van der Waals surface area contributed by atoms with Gasteiger partial charge in [0.15, 0.2) is 0 Å². The Bertz CT molecular complexity index is 1100. The van der Waals surface area contributed by atoms with Crippen molar-refractivity contribution in [2.45, 2.75) is 6.92 Å². The number of hydrazine groups is 1. The maximum atomic E-state index is 12.6. The van der Waals surface area contributed by atoms with Crippen LogP contribution in [-0.2, 0) is 0 Å². The summed E-state index contributed by atoms with van der Waals surface area (Å²) in [6.45, 7) is 6.91. The molecule has 0 amide bonds. The first-order valence-corrected chi connectivity index (χ1v) is 9.97. The van der Waals surface area contributed by atoms with Crippen LogP contribution in [0.25, 0.3) is 5.57 Å². The van der Waals surface area contributed by atoms with Gasteiger partial charge in [-0.15, -0.1) is 0 Å². The van der Waals surface area contributed by atoms with E-state index in [1.807, 2.05) is 60.2 Å². The van der Waals surface area contributed by atoms with Gasteiger partial charge in [0.05, 0.1) is 17.9 Å². The van der Waals surface area contributed by atoms with Gasteiger partial charge in [0, 0.05) is 16.8 Å². The second-order valence-electron chi connectivity index (χ2n) is 6.89. The molecule has 5 nitrogen and oxygen atoms in total. The minimum Gasteiger partial charge on any atom is -0.354 e. The highest BCUT2D eigenvalue weighted by atomic mass is 35.5. The highest BCUT2D eigenvalue weighted by molar-refractivity contribution is 7.19. The number of halogens is 1. The summed E-state index contributed by atoms with van der Waals surface area (Å²) in [4.78, 5) is 17.0. The Labute approximate surface area is 177 Å². The first-order valence-electron chi connectivity index (χ1n) is 9.07. The van der Waals surface area contributed by atoms with Gasteiger partial charge in [-0.25, -0.2) is 0 Å². The van der Waals surface area contributed by atoms with Gasteiger partial charge < -0.3 is 5.32 Å². The van der Waals surface area contributed by atoms with E-state index in [2.05, 4.69) is 31.7 Å². The average Bonchev–Trinajstić information content (AvgIpc) is 3.14. The second-order valence-corrected chi connectivity index (χ2v) is 7.78. The number of benzene rings is 2. The zero-order valence-electron chi connectivity index (χ0n) is 15.9. The van der Waals surface area contributed by atoms with Gasteiger partial charge in [0.1, 0.15) is 10.9 Å². The lowest BCUT2D eigenvalue weighted by molar-refractivity contribution is 0.104. The minimum absolute atomic E-state index is 0.147. The van der Waals surface area contributed by atoms with Gasteiger partial charge in [-0.2, -0.15) is 0 Å². The molecule has 2 aromatic carbocycles. The molecule has 0 radical (unpaired) electrons. The molecule has 2 aliphatic rings. The Hall–Kier alpha value is -2.88. The number of carbonyl (C=O) groups is 1. The predicted octanol–water partition coefficient (Wildman–Crippen LogP) is 4.92. The van der Waals surface area contributed by atoms with E-state index in [9.17, 15) is 4.79 Å². The van der Waals surface area contributed by atoms with E-state index in [0.717, 1.165) is 29.3 Å². The Balaban J connectivity index is 1.51. The molecule has 1 unspecified atom stereocenters. The Morgan fingerprint density at radius 2 is 1.83 bits per heavy atom. The van der Waals surface area contributed by atoms with Crippen LogP contribution in [0.4, 0.5) is 11.4 Å². The first-order chi connectivity index (χ1) is 13.9. The Morgan fingerprint density at radius 1 is 1.14 bits per heavy atom. The summed E-state index contributed by atoms with van der Waals surface area (Å²) in [5, 5.41) is 3.39. The zero-order chi connectivity index (χ0) is 20.5. The molecular formula is C22H20ClN4OP. The second kappa shape index (κ2) is 7.86. The van der Waals surface area contributed by atoms with Crippen molar-refractivity contribution in [3.63, 3.8) is 0 Å². The summed E-state index contributed by atoms with van der Waals surface area (Å²) in [5.74, 6) is 0.627. The number of anilines is 2. The van der Waals surface area contributed by atoms with Gasteiger partial charge in [-0.1, -0.05) is 42.4 Å². The van der Waals surface area contributed by atoms with Crippen LogP contribution in [0, 0.1) is 0 Å². The highest BCUT2D eigenvalue weighted by Crippen LogP contribution is 2.36. The van der Waals surface area contributed by atoms with E-state index >= 15 is 0 Å². The number of fused-ring (bicyclic) bond motifs is 1. The number of rotatable bonds is 4. The molecule has 1 heterocycles. The molecule has 0 bridgehead atoms. The van der Waals surface area contributed by atoms with Crippen molar-refractivity contribution < 1.29 is 4.79 Å². The van der Waals surface area contributed by atoms with E-state index in [4.69, 9.17) is 11.6 Å². The zero-order valence-corrected chi connectivity index (χ0v) is 17.8. The van der Waals surface area contributed by atoms with Crippen molar-refractivity contribution in [2.24, 2.45) is 4.99 Å². The fourth-order valence-corrected chi connectivity index (χ4v) is 3.78. The summed E-state index contributed by atoms with van der Waals surface area (Å²) < 4.78 is 1.82. The molecule has 0 fully saturated rings. The number of nitrogens with one attached hydrogen (secondary N) is 2. The van der Waals surface area contributed by atoms with Crippen LogP contribution >= 0.6 is 21.0 Å². The number of Topliss-reactive ketones (excluding diaryl/α,β-unsaturated/α-hetero) is 1. The molecule has 0 aromatic heterocycles. The SMILES string of the molecule is C=C1C(Nc2ccc(N(P)NC3=NCC(C)=C3)cc2)=C(Cl)C(=O)c2ccccc21. The quantitative estimate of drug-likeness (QED) is 0.542. The largest absolute Gasteiger partial charge is 0.354 e. The number of hydrogen-bond donors (Lipinski definition) is 2. The molecule has 0 saturated heterocycles. The molecule has 0 spiro atoms. The van der Waals surface area contributed by atoms with Crippen molar-refractivity contribution in [2.75, 3.05) is 16.6 Å². The smallest absolute Gasteiger partial charge is 0.207 e. The van der Waals surface area contributed by atoms with Crippen LogP contribution in [0.2, 0.25) is 0 Å². The van der Waals surface area contributed by atoms with Gasteiger partial charge in [0.25, 0.3) is 0 Å². The third-order valence-corrected chi connectivity index (χ3v) is 5.54. The van der Waals surface area contributed by atoms with Gasteiger partial charge in [-0.3, -0.25) is 20.0 Å². The molecule has 1 aliphatic carbocycles.